The number of pyridine rings is 1. The zero-order valence-electron chi connectivity index (χ0n) is 12.0. The van der Waals surface area contributed by atoms with Crippen molar-refractivity contribution in [3.63, 3.8) is 0 Å². The Morgan fingerprint density at radius 1 is 1.23 bits per heavy atom. The fourth-order valence-electron chi connectivity index (χ4n) is 2.50. The zero-order chi connectivity index (χ0) is 15.4. The number of aromatic amines is 1. The molecule has 2 heterocycles. The van der Waals surface area contributed by atoms with Crippen molar-refractivity contribution in [3.8, 4) is 0 Å². The summed E-state index contributed by atoms with van der Waals surface area (Å²) in [6, 6.07) is 12.8. The molecule has 22 heavy (non-hydrogen) atoms. The van der Waals surface area contributed by atoms with Gasteiger partial charge < -0.3 is 15.4 Å². The Hall–Kier alpha value is -2.66. The Balaban J connectivity index is 1.72. The predicted molar refractivity (Wildman–Crippen MR) is 84.2 cm³/mol. The molecule has 2 aromatic heterocycles. The van der Waals surface area contributed by atoms with Gasteiger partial charge in [0.25, 0.3) is 0 Å². The molecule has 1 aromatic carbocycles. The summed E-state index contributed by atoms with van der Waals surface area (Å²) in [4.78, 5) is 19.5. The lowest BCUT2D eigenvalue weighted by Crippen LogP contribution is -2.31. The molecule has 5 nitrogen and oxygen atoms in total. The van der Waals surface area contributed by atoms with Crippen LogP contribution in [0, 0.1) is 0 Å². The van der Waals surface area contributed by atoms with Crippen LogP contribution in [0.15, 0.2) is 54.9 Å². The first-order valence-corrected chi connectivity index (χ1v) is 7.14. The van der Waals surface area contributed by atoms with Gasteiger partial charge in [0, 0.05) is 17.8 Å². The Morgan fingerprint density at radius 3 is 2.82 bits per heavy atom. The van der Waals surface area contributed by atoms with E-state index in [2.05, 4.69) is 15.3 Å². The zero-order valence-corrected chi connectivity index (χ0v) is 12.0. The highest BCUT2D eigenvalue weighted by Gasteiger charge is 2.15. The quantitative estimate of drug-likeness (QED) is 0.673. The maximum Gasteiger partial charge on any atom is 0.225 e. The van der Waals surface area contributed by atoms with Crippen LogP contribution in [0.3, 0.4) is 0 Å². The van der Waals surface area contributed by atoms with Gasteiger partial charge in [0.1, 0.15) is 5.65 Å². The summed E-state index contributed by atoms with van der Waals surface area (Å²) in [5, 5.41) is 13.3. The number of H-pyrrole nitrogens is 1. The van der Waals surface area contributed by atoms with Crippen LogP contribution in [0.2, 0.25) is 0 Å². The SMILES string of the molecule is O=C(Cc1c[nH]c2ncccc12)NC(CO)c1ccccc1. The van der Waals surface area contributed by atoms with Crippen LogP contribution >= 0.6 is 0 Å². The maximum absolute atomic E-state index is 12.2. The van der Waals surface area contributed by atoms with Gasteiger partial charge in [-0.25, -0.2) is 4.98 Å². The van der Waals surface area contributed by atoms with Crippen molar-refractivity contribution in [1.29, 1.82) is 0 Å². The van der Waals surface area contributed by atoms with Gasteiger partial charge in [-0.3, -0.25) is 4.79 Å². The number of aromatic nitrogens is 2. The molecule has 0 saturated heterocycles. The van der Waals surface area contributed by atoms with E-state index < -0.39 is 6.04 Å². The van der Waals surface area contributed by atoms with Gasteiger partial charge in [0.15, 0.2) is 0 Å². The lowest BCUT2D eigenvalue weighted by Gasteiger charge is -2.16. The standard InChI is InChI=1S/C17H17N3O2/c21-11-15(12-5-2-1-3-6-12)20-16(22)9-13-10-19-17-14(13)7-4-8-18-17/h1-8,10,15,21H,9,11H2,(H,18,19)(H,20,22). The summed E-state index contributed by atoms with van der Waals surface area (Å²) < 4.78 is 0. The second-order valence-corrected chi connectivity index (χ2v) is 5.10. The van der Waals surface area contributed by atoms with Gasteiger partial charge in [0.2, 0.25) is 5.91 Å². The molecule has 0 radical (unpaired) electrons. The fourth-order valence-corrected chi connectivity index (χ4v) is 2.50. The van der Waals surface area contributed by atoms with Crippen molar-refractivity contribution >= 4 is 16.9 Å². The highest BCUT2D eigenvalue weighted by atomic mass is 16.3. The molecule has 3 aromatic rings. The van der Waals surface area contributed by atoms with E-state index in [0.717, 1.165) is 22.2 Å². The van der Waals surface area contributed by atoms with Crippen molar-refractivity contribution in [2.24, 2.45) is 0 Å². The Labute approximate surface area is 128 Å². The molecule has 3 N–H and O–H groups in total. The first-order chi connectivity index (χ1) is 10.8. The first kappa shape index (κ1) is 14.3. The van der Waals surface area contributed by atoms with E-state index in [1.807, 2.05) is 42.5 Å². The average molecular weight is 295 g/mol. The van der Waals surface area contributed by atoms with Crippen molar-refractivity contribution in [2.75, 3.05) is 6.61 Å². The molecule has 3 rings (SSSR count). The first-order valence-electron chi connectivity index (χ1n) is 7.14. The molecule has 1 unspecified atom stereocenters. The second kappa shape index (κ2) is 6.41. The van der Waals surface area contributed by atoms with E-state index >= 15 is 0 Å². The molecule has 1 atom stereocenters. The molecule has 0 spiro atoms. The predicted octanol–water partition coefficient (Wildman–Crippen LogP) is 1.96. The third-order valence-corrected chi connectivity index (χ3v) is 3.61. The topological polar surface area (TPSA) is 78.0 Å². The molecule has 112 valence electrons. The number of aliphatic hydroxyl groups excluding tert-OH is 1. The molecule has 5 heteroatoms. The third-order valence-electron chi connectivity index (χ3n) is 3.61. The van der Waals surface area contributed by atoms with Gasteiger partial charge in [-0.1, -0.05) is 30.3 Å². The van der Waals surface area contributed by atoms with Crippen LogP contribution in [0.1, 0.15) is 17.2 Å². The maximum atomic E-state index is 12.2. The number of rotatable bonds is 5. The normalized spacial score (nSPS) is 12.2. The lowest BCUT2D eigenvalue weighted by molar-refractivity contribution is -0.121. The average Bonchev–Trinajstić information content (AvgIpc) is 2.96. The number of aliphatic hydroxyl groups is 1. The van der Waals surface area contributed by atoms with Crippen LogP contribution in [0.25, 0.3) is 11.0 Å². The molecule has 0 aliphatic heterocycles. The van der Waals surface area contributed by atoms with Crippen LogP contribution < -0.4 is 5.32 Å². The van der Waals surface area contributed by atoms with Crippen molar-refractivity contribution < 1.29 is 9.90 Å². The molecule has 1 amide bonds. The van der Waals surface area contributed by atoms with E-state index in [4.69, 9.17) is 0 Å². The van der Waals surface area contributed by atoms with Crippen molar-refractivity contribution in [1.82, 2.24) is 15.3 Å². The highest BCUT2D eigenvalue weighted by molar-refractivity contribution is 5.87. The molecule has 0 bridgehead atoms. The summed E-state index contributed by atoms with van der Waals surface area (Å²) >= 11 is 0. The van der Waals surface area contributed by atoms with E-state index in [0.29, 0.717) is 0 Å². The summed E-state index contributed by atoms with van der Waals surface area (Å²) in [6.07, 6.45) is 3.75. The Bertz CT molecular complexity index is 768. The number of hydrogen-bond donors (Lipinski definition) is 3. The molecule has 0 saturated carbocycles. The van der Waals surface area contributed by atoms with E-state index in [-0.39, 0.29) is 18.9 Å². The number of hydrogen-bond acceptors (Lipinski definition) is 3. The number of fused-ring (bicyclic) bond motifs is 1. The Morgan fingerprint density at radius 2 is 2.05 bits per heavy atom. The molecular formula is C17H17N3O2. The van der Waals surface area contributed by atoms with Crippen molar-refractivity contribution in [2.45, 2.75) is 12.5 Å². The molecule has 0 aliphatic carbocycles. The van der Waals surface area contributed by atoms with Crippen LogP contribution in [-0.2, 0) is 11.2 Å². The minimum atomic E-state index is -0.392. The van der Waals surface area contributed by atoms with Gasteiger partial charge in [-0.2, -0.15) is 0 Å². The monoisotopic (exact) mass is 295 g/mol. The summed E-state index contributed by atoms with van der Waals surface area (Å²) in [6.45, 7) is -0.134. The number of carbonyl (C=O) groups is 1. The van der Waals surface area contributed by atoms with Crippen LogP contribution in [0.5, 0.6) is 0 Å². The number of amides is 1. The third kappa shape index (κ3) is 2.99. The summed E-state index contributed by atoms with van der Waals surface area (Å²) in [7, 11) is 0. The fraction of sp³-hybridized carbons (Fsp3) is 0.176. The number of benzene rings is 1. The lowest BCUT2D eigenvalue weighted by atomic mass is 10.1. The largest absolute Gasteiger partial charge is 0.394 e. The molecular weight excluding hydrogens is 278 g/mol. The Kier molecular flexibility index (Phi) is 4.16. The minimum Gasteiger partial charge on any atom is -0.394 e. The van der Waals surface area contributed by atoms with Crippen LogP contribution in [-0.4, -0.2) is 27.6 Å². The van der Waals surface area contributed by atoms with Crippen molar-refractivity contribution in [3.05, 3.63) is 66.0 Å². The second-order valence-electron chi connectivity index (χ2n) is 5.10. The minimum absolute atomic E-state index is 0.132. The van der Waals surface area contributed by atoms with Crippen LogP contribution in [0.4, 0.5) is 0 Å². The number of nitrogens with zero attached hydrogens (tertiary/aromatic N) is 1. The summed E-state index contributed by atoms with van der Waals surface area (Å²) in [5.41, 5.74) is 2.55. The van der Waals surface area contributed by atoms with Gasteiger partial charge >= 0.3 is 0 Å². The summed E-state index contributed by atoms with van der Waals surface area (Å²) in [5.74, 6) is -0.132. The highest BCUT2D eigenvalue weighted by Crippen LogP contribution is 2.17. The van der Waals surface area contributed by atoms with E-state index in [1.54, 1.807) is 12.4 Å². The number of nitrogens with one attached hydrogen (secondary N) is 2. The van der Waals surface area contributed by atoms with E-state index in [9.17, 15) is 9.90 Å². The van der Waals surface area contributed by atoms with Gasteiger partial charge in [0.05, 0.1) is 19.1 Å². The molecule has 0 fully saturated rings. The molecule has 0 aliphatic rings. The van der Waals surface area contributed by atoms with E-state index in [1.165, 1.54) is 0 Å². The van der Waals surface area contributed by atoms with Gasteiger partial charge in [-0.15, -0.1) is 0 Å². The number of carbonyl (C=O) groups excluding carboxylic acids is 1. The smallest absolute Gasteiger partial charge is 0.225 e. The van der Waals surface area contributed by atoms with Gasteiger partial charge in [-0.05, 0) is 23.3 Å².